The molecule has 4 rings (SSSR count). The Balaban J connectivity index is 1.37. The summed E-state index contributed by atoms with van der Waals surface area (Å²) in [6, 6.07) is 2.39. The van der Waals surface area contributed by atoms with Gasteiger partial charge in [0.2, 0.25) is 0 Å². The minimum Gasteiger partial charge on any atom is -0.478 e. The Morgan fingerprint density at radius 1 is 1.20 bits per heavy atom. The van der Waals surface area contributed by atoms with Gasteiger partial charge in [0.1, 0.15) is 12.1 Å². The van der Waals surface area contributed by atoms with Crippen LogP contribution in [0, 0.1) is 0 Å². The van der Waals surface area contributed by atoms with Crippen LogP contribution in [-0.2, 0) is 0 Å². The fraction of sp³-hybridized carbons (Fsp3) is 0.529. The molecule has 1 atom stereocenters. The van der Waals surface area contributed by atoms with Crippen LogP contribution in [0.4, 0.5) is 11.6 Å². The molecule has 2 aromatic heterocycles. The van der Waals surface area contributed by atoms with Crippen molar-refractivity contribution in [1.82, 2.24) is 19.9 Å². The standard InChI is InChI=1S/C17H22N6O2/c1-25-17-16(18-3-4-19-17)22-12-6-11(7-12)14-8-15(21-10-20-14)23-5-2-13(24)9-23/h3-4,8,10-13,24H,2,5-7,9H2,1H3,(H,18,22). The topological polar surface area (TPSA) is 96.3 Å². The van der Waals surface area contributed by atoms with Crippen molar-refractivity contribution in [2.45, 2.75) is 37.3 Å². The molecule has 1 aliphatic carbocycles. The summed E-state index contributed by atoms with van der Waals surface area (Å²) in [4.78, 5) is 19.4. The first-order valence-corrected chi connectivity index (χ1v) is 8.59. The van der Waals surface area contributed by atoms with Gasteiger partial charge in [-0.1, -0.05) is 0 Å². The third kappa shape index (κ3) is 3.34. The minimum absolute atomic E-state index is 0.252. The molecule has 0 spiro atoms. The Kier molecular flexibility index (Phi) is 4.35. The molecule has 2 fully saturated rings. The fourth-order valence-corrected chi connectivity index (χ4v) is 3.45. The van der Waals surface area contributed by atoms with Crippen LogP contribution in [0.1, 0.15) is 30.9 Å². The van der Waals surface area contributed by atoms with Crippen LogP contribution in [-0.4, -0.2) is 57.4 Å². The minimum atomic E-state index is -0.252. The number of rotatable bonds is 5. The molecular weight excluding hydrogens is 320 g/mol. The molecule has 25 heavy (non-hydrogen) atoms. The van der Waals surface area contributed by atoms with Gasteiger partial charge in [-0.25, -0.2) is 19.9 Å². The number of ether oxygens (including phenoxy) is 1. The first-order valence-electron chi connectivity index (χ1n) is 8.59. The molecule has 1 aliphatic heterocycles. The molecular formula is C17H22N6O2. The number of methoxy groups -OCH3 is 1. The molecule has 0 amide bonds. The van der Waals surface area contributed by atoms with E-state index in [1.54, 1.807) is 25.8 Å². The predicted molar refractivity (Wildman–Crippen MR) is 92.8 cm³/mol. The highest BCUT2D eigenvalue weighted by Gasteiger charge is 2.33. The quantitative estimate of drug-likeness (QED) is 0.837. The lowest BCUT2D eigenvalue weighted by atomic mass is 9.78. The highest BCUT2D eigenvalue weighted by Crippen LogP contribution is 2.39. The summed E-state index contributed by atoms with van der Waals surface area (Å²) in [6.45, 7) is 1.50. The summed E-state index contributed by atoms with van der Waals surface area (Å²) in [5.74, 6) is 2.52. The summed E-state index contributed by atoms with van der Waals surface area (Å²) in [6.07, 6.45) is 7.42. The SMILES string of the molecule is COc1nccnc1NC1CC(c2cc(N3CCC(O)C3)ncn2)C1. The summed E-state index contributed by atoms with van der Waals surface area (Å²) in [5.41, 5.74) is 1.07. The number of β-amino-alcohol motifs (C(OH)–C–C–N with tert-alkyl or cyclic N) is 1. The molecule has 0 bridgehead atoms. The molecule has 1 unspecified atom stereocenters. The van der Waals surface area contributed by atoms with E-state index in [0.29, 0.717) is 30.2 Å². The van der Waals surface area contributed by atoms with Crippen molar-refractivity contribution in [3.8, 4) is 5.88 Å². The Bertz CT molecular complexity index is 737. The zero-order valence-corrected chi connectivity index (χ0v) is 14.2. The van der Waals surface area contributed by atoms with Crippen molar-refractivity contribution >= 4 is 11.6 Å². The van der Waals surface area contributed by atoms with Crippen molar-refractivity contribution < 1.29 is 9.84 Å². The first-order chi connectivity index (χ1) is 12.2. The second-order valence-electron chi connectivity index (χ2n) is 6.61. The number of aliphatic hydroxyl groups excluding tert-OH is 1. The van der Waals surface area contributed by atoms with Gasteiger partial charge in [0, 0.05) is 49.2 Å². The van der Waals surface area contributed by atoms with Crippen LogP contribution >= 0.6 is 0 Å². The van der Waals surface area contributed by atoms with E-state index in [9.17, 15) is 5.11 Å². The lowest BCUT2D eigenvalue weighted by Crippen LogP contribution is -2.35. The van der Waals surface area contributed by atoms with Crippen LogP contribution in [0.5, 0.6) is 5.88 Å². The molecule has 2 aromatic rings. The predicted octanol–water partition coefficient (Wildman–Crippen LogP) is 1.20. The average Bonchev–Trinajstić information content (AvgIpc) is 3.04. The normalized spacial score (nSPS) is 25.5. The van der Waals surface area contributed by atoms with Gasteiger partial charge in [-0.2, -0.15) is 0 Å². The number of nitrogens with zero attached hydrogens (tertiary/aromatic N) is 5. The smallest absolute Gasteiger partial charge is 0.257 e. The van der Waals surface area contributed by atoms with E-state index in [4.69, 9.17) is 4.74 Å². The van der Waals surface area contributed by atoms with Crippen LogP contribution in [0.2, 0.25) is 0 Å². The van der Waals surface area contributed by atoms with E-state index < -0.39 is 0 Å². The Morgan fingerprint density at radius 2 is 2.04 bits per heavy atom. The summed E-state index contributed by atoms with van der Waals surface area (Å²) in [7, 11) is 1.59. The highest BCUT2D eigenvalue weighted by atomic mass is 16.5. The van der Waals surface area contributed by atoms with Gasteiger partial charge in [0.25, 0.3) is 5.88 Å². The van der Waals surface area contributed by atoms with E-state index in [1.807, 2.05) is 0 Å². The monoisotopic (exact) mass is 342 g/mol. The van der Waals surface area contributed by atoms with Crippen LogP contribution in [0.3, 0.4) is 0 Å². The zero-order chi connectivity index (χ0) is 17.2. The molecule has 8 nitrogen and oxygen atoms in total. The summed E-state index contributed by atoms with van der Waals surface area (Å²) >= 11 is 0. The number of aliphatic hydroxyl groups is 1. The van der Waals surface area contributed by atoms with Gasteiger partial charge in [-0.3, -0.25) is 0 Å². The maximum absolute atomic E-state index is 9.70. The number of hydrogen-bond acceptors (Lipinski definition) is 8. The average molecular weight is 342 g/mol. The maximum atomic E-state index is 9.70. The van der Waals surface area contributed by atoms with E-state index in [0.717, 1.165) is 37.3 Å². The van der Waals surface area contributed by atoms with E-state index in [1.165, 1.54) is 0 Å². The molecule has 1 saturated carbocycles. The second-order valence-corrected chi connectivity index (χ2v) is 6.61. The van der Waals surface area contributed by atoms with Gasteiger partial charge in [0.05, 0.1) is 13.2 Å². The Morgan fingerprint density at radius 3 is 2.80 bits per heavy atom. The largest absolute Gasteiger partial charge is 0.478 e. The lowest BCUT2D eigenvalue weighted by Gasteiger charge is -2.36. The molecule has 8 heteroatoms. The summed E-state index contributed by atoms with van der Waals surface area (Å²) in [5, 5.41) is 13.1. The third-order valence-corrected chi connectivity index (χ3v) is 4.92. The van der Waals surface area contributed by atoms with Crippen LogP contribution in [0.25, 0.3) is 0 Å². The van der Waals surface area contributed by atoms with E-state index in [2.05, 4.69) is 36.2 Å². The molecule has 0 aromatic carbocycles. The van der Waals surface area contributed by atoms with Crippen LogP contribution < -0.4 is 15.0 Å². The van der Waals surface area contributed by atoms with Crippen molar-refractivity contribution in [2.24, 2.45) is 0 Å². The van der Waals surface area contributed by atoms with Gasteiger partial charge in [-0.15, -0.1) is 0 Å². The van der Waals surface area contributed by atoms with E-state index in [-0.39, 0.29) is 6.10 Å². The highest BCUT2D eigenvalue weighted by molar-refractivity contribution is 5.47. The second kappa shape index (κ2) is 6.79. The Labute approximate surface area is 146 Å². The number of nitrogens with one attached hydrogen (secondary N) is 1. The van der Waals surface area contributed by atoms with Crippen molar-refractivity contribution in [2.75, 3.05) is 30.4 Å². The van der Waals surface area contributed by atoms with Gasteiger partial charge >= 0.3 is 0 Å². The molecule has 2 N–H and O–H groups in total. The third-order valence-electron chi connectivity index (χ3n) is 4.92. The van der Waals surface area contributed by atoms with Crippen molar-refractivity contribution in [3.05, 3.63) is 30.5 Å². The molecule has 3 heterocycles. The Hall–Kier alpha value is -2.48. The van der Waals surface area contributed by atoms with Gasteiger partial charge in [0.15, 0.2) is 5.82 Å². The number of aromatic nitrogens is 4. The fourth-order valence-electron chi connectivity index (χ4n) is 3.45. The van der Waals surface area contributed by atoms with Crippen LogP contribution in [0.15, 0.2) is 24.8 Å². The van der Waals surface area contributed by atoms with Gasteiger partial charge < -0.3 is 20.1 Å². The zero-order valence-electron chi connectivity index (χ0n) is 14.2. The molecule has 1 saturated heterocycles. The lowest BCUT2D eigenvalue weighted by molar-refractivity contribution is 0.198. The summed E-state index contributed by atoms with van der Waals surface area (Å²) < 4.78 is 5.22. The van der Waals surface area contributed by atoms with Crippen molar-refractivity contribution in [1.29, 1.82) is 0 Å². The number of hydrogen-bond donors (Lipinski definition) is 2. The molecule has 2 aliphatic rings. The van der Waals surface area contributed by atoms with E-state index >= 15 is 0 Å². The van der Waals surface area contributed by atoms with Gasteiger partial charge in [-0.05, 0) is 19.3 Å². The number of anilines is 2. The maximum Gasteiger partial charge on any atom is 0.257 e. The molecule has 132 valence electrons. The first kappa shape index (κ1) is 16.0. The molecule has 0 radical (unpaired) electrons. The van der Waals surface area contributed by atoms with Crippen molar-refractivity contribution in [3.63, 3.8) is 0 Å².